The summed E-state index contributed by atoms with van der Waals surface area (Å²) in [7, 11) is 0. The van der Waals surface area contributed by atoms with Crippen molar-refractivity contribution in [2.75, 3.05) is 6.54 Å². The van der Waals surface area contributed by atoms with Gasteiger partial charge in [-0.05, 0) is 0 Å². The predicted octanol–water partition coefficient (Wildman–Crippen LogP) is -2.70. The first-order chi connectivity index (χ1) is 2.41. The molecule has 3 heteroatoms. The molecule has 0 unspecified atom stereocenters. The van der Waals surface area contributed by atoms with Gasteiger partial charge >= 0.3 is 42.0 Å². The van der Waals surface area contributed by atoms with Crippen molar-refractivity contribution in [1.29, 1.82) is 0 Å². The van der Waals surface area contributed by atoms with Crippen molar-refractivity contribution in [2.45, 2.75) is 11.4 Å². The largest absolute Gasteiger partial charge is 1.00 e. The molecule has 0 aromatic heterocycles. The fraction of sp³-hybridized carbons (Fsp3) is 1.00. The van der Waals surface area contributed by atoms with Crippen LogP contribution in [0.1, 0.15) is 6.42 Å². The molecule has 0 aromatic carbocycles. The molecule has 0 rings (SSSR count). The zero-order valence-corrected chi connectivity index (χ0v) is 7.51. The Morgan fingerprint density at radius 3 is 2.00 bits per heavy atom. The van der Waals surface area contributed by atoms with E-state index in [0.29, 0.717) is 0 Å². The predicted molar refractivity (Wildman–Crippen MR) is 18.5 cm³/mol. The van der Waals surface area contributed by atoms with E-state index in [2.05, 4.69) is 0 Å². The van der Waals surface area contributed by atoms with Crippen molar-refractivity contribution in [1.82, 2.24) is 0 Å². The van der Waals surface area contributed by atoms with Crippen molar-refractivity contribution >= 4 is 0 Å². The van der Waals surface area contributed by atoms with E-state index in [1.807, 2.05) is 0 Å². The van der Waals surface area contributed by atoms with Crippen LogP contribution >= 0.6 is 0 Å². The number of hydrogen-bond acceptors (Lipinski definition) is 1. The fourth-order valence-corrected chi connectivity index (χ4v) is 0.750. The third-order valence-corrected chi connectivity index (χ3v) is 1.50. The Bertz CT molecular complexity index is 18.3. The summed E-state index contributed by atoms with van der Waals surface area (Å²) in [6.45, 7) is 0.875. The smallest absolute Gasteiger partial charge is 1.00 e. The normalized spacial score (nSPS) is 7.17. The van der Waals surface area contributed by atoms with Crippen LogP contribution in [0.15, 0.2) is 0 Å². The van der Waals surface area contributed by atoms with Crippen molar-refractivity contribution in [3.63, 3.8) is 0 Å². The van der Waals surface area contributed by atoms with Crippen LogP contribution in [-0.2, 0) is 18.3 Å². The van der Waals surface area contributed by atoms with Crippen LogP contribution in [0.2, 0.25) is 5.02 Å². The molecule has 0 heterocycles. The number of rotatable bonds is 2. The number of nitrogens with two attached hydrogens (primary N) is 1. The first-order valence-electron chi connectivity index (χ1n) is 1.91. The molecule has 6 heavy (non-hydrogen) atoms. The van der Waals surface area contributed by atoms with Gasteiger partial charge in [-0.1, -0.05) is 0 Å². The Hall–Kier alpha value is 0.873. The van der Waals surface area contributed by atoms with Gasteiger partial charge in [-0.15, -0.1) is 0 Å². The van der Waals surface area contributed by atoms with Crippen LogP contribution in [0.3, 0.4) is 0 Å². The first kappa shape index (κ1) is 9.98. The maximum absolute atomic E-state index is 5.16. The summed E-state index contributed by atoms with van der Waals surface area (Å²) in [5.74, 6) is 0. The molecule has 0 amide bonds. The topological polar surface area (TPSA) is 26.0 Å². The summed E-state index contributed by atoms with van der Waals surface area (Å²) in [5.41, 5.74) is 5.16. The molecule has 0 atom stereocenters. The maximum atomic E-state index is 5.16. The molecule has 2 N–H and O–H groups in total. The molecule has 0 saturated heterocycles. The molecule has 0 fully saturated rings. The Morgan fingerprint density at radius 2 is 2.00 bits per heavy atom. The molecular formula is C3H8ClNZn. The summed E-state index contributed by atoms with van der Waals surface area (Å²) < 4.78 is 0. The minimum atomic E-state index is 0. The minimum absolute atomic E-state index is 0. The summed E-state index contributed by atoms with van der Waals surface area (Å²) in [6, 6.07) is 0. The standard InChI is InChI=1S/C3H8N.ClH.Zn/c1-2-3-4;;/h1-4H2;1H;/q;;+1/p-1. The average molecular weight is 159 g/mol. The molecule has 34 valence electrons. The second kappa shape index (κ2) is 9.30. The van der Waals surface area contributed by atoms with Crippen LogP contribution in [0, 0.1) is 0 Å². The molecule has 0 aromatic rings. The van der Waals surface area contributed by atoms with Crippen LogP contribution in [0.25, 0.3) is 0 Å². The van der Waals surface area contributed by atoms with E-state index >= 15 is 0 Å². The summed E-state index contributed by atoms with van der Waals surface area (Å²) in [5, 5.41) is 1.34. The van der Waals surface area contributed by atoms with Gasteiger partial charge in [0.25, 0.3) is 0 Å². The molecule has 0 aliphatic carbocycles. The molecule has 0 spiro atoms. The second-order valence-corrected chi connectivity index (χ2v) is 2.48. The summed E-state index contributed by atoms with van der Waals surface area (Å²) in [6.07, 6.45) is 1.22. The minimum Gasteiger partial charge on any atom is -1.00 e. The van der Waals surface area contributed by atoms with Gasteiger partial charge in [-0.3, -0.25) is 0 Å². The van der Waals surface area contributed by atoms with Gasteiger partial charge in [-0.25, -0.2) is 0 Å². The third kappa shape index (κ3) is 8.86. The van der Waals surface area contributed by atoms with Crippen LogP contribution in [0.5, 0.6) is 0 Å². The van der Waals surface area contributed by atoms with E-state index in [-0.39, 0.29) is 12.4 Å². The number of halogens is 1. The van der Waals surface area contributed by atoms with Crippen LogP contribution < -0.4 is 18.1 Å². The Kier molecular flexibility index (Phi) is 15.5. The van der Waals surface area contributed by atoms with E-state index in [0.717, 1.165) is 6.54 Å². The van der Waals surface area contributed by atoms with Crippen molar-refractivity contribution in [3.8, 4) is 0 Å². The monoisotopic (exact) mass is 157 g/mol. The van der Waals surface area contributed by atoms with Gasteiger partial charge < -0.3 is 12.4 Å². The average Bonchev–Trinajstić information content (AvgIpc) is 1.41. The zero-order valence-electron chi connectivity index (χ0n) is 3.78. The fourth-order valence-electron chi connectivity index (χ4n) is 0.144. The Labute approximate surface area is 54.8 Å². The Balaban J connectivity index is 0. The molecule has 0 aliphatic heterocycles. The van der Waals surface area contributed by atoms with E-state index in [4.69, 9.17) is 5.73 Å². The van der Waals surface area contributed by atoms with Crippen molar-refractivity contribution in [3.05, 3.63) is 0 Å². The molecule has 0 saturated carbocycles. The van der Waals surface area contributed by atoms with Crippen molar-refractivity contribution < 1.29 is 30.7 Å². The SMILES string of the molecule is NCC[CH2][Zn+].[Cl-]. The van der Waals surface area contributed by atoms with Gasteiger partial charge in [0.05, 0.1) is 0 Å². The van der Waals surface area contributed by atoms with Crippen molar-refractivity contribution in [2.24, 2.45) is 5.73 Å². The van der Waals surface area contributed by atoms with Gasteiger partial charge in [0, 0.05) is 0 Å². The van der Waals surface area contributed by atoms with E-state index < -0.39 is 0 Å². The second-order valence-electron chi connectivity index (χ2n) is 0.996. The molecule has 0 aliphatic rings. The van der Waals surface area contributed by atoms with E-state index in [1.165, 1.54) is 29.7 Å². The summed E-state index contributed by atoms with van der Waals surface area (Å²) in [4.78, 5) is 0. The quantitative estimate of drug-likeness (QED) is 0.436. The molecule has 1 nitrogen and oxygen atoms in total. The van der Waals surface area contributed by atoms with Gasteiger partial charge in [0.15, 0.2) is 0 Å². The van der Waals surface area contributed by atoms with Gasteiger partial charge in [0.1, 0.15) is 0 Å². The zero-order chi connectivity index (χ0) is 4.12. The van der Waals surface area contributed by atoms with Crippen LogP contribution in [-0.4, -0.2) is 6.54 Å². The third-order valence-electron chi connectivity index (χ3n) is 0.454. The first-order valence-corrected chi connectivity index (χ1v) is 4.01. The maximum Gasteiger partial charge on any atom is -1.00 e. The van der Waals surface area contributed by atoms with Crippen LogP contribution in [0.4, 0.5) is 0 Å². The van der Waals surface area contributed by atoms with Gasteiger partial charge in [-0.2, -0.15) is 0 Å². The summed E-state index contributed by atoms with van der Waals surface area (Å²) >= 11 is 1.40. The van der Waals surface area contributed by atoms with Gasteiger partial charge in [0.2, 0.25) is 0 Å². The molecule has 0 radical (unpaired) electrons. The van der Waals surface area contributed by atoms with E-state index in [9.17, 15) is 0 Å². The number of hydrogen-bond donors (Lipinski definition) is 1. The molecular weight excluding hydrogens is 151 g/mol. The molecule has 0 bridgehead atoms. The van der Waals surface area contributed by atoms with E-state index in [1.54, 1.807) is 0 Å². The Morgan fingerprint density at radius 1 is 1.50 bits per heavy atom.